The Morgan fingerprint density at radius 2 is 1.74 bits per heavy atom. The second-order valence-electron chi connectivity index (χ2n) is 6.59. The van der Waals surface area contributed by atoms with E-state index in [2.05, 4.69) is 4.98 Å². The Kier molecular flexibility index (Phi) is 4.31. The fraction of sp³-hybridized carbons (Fsp3) is 0.316. The predicted molar refractivity (Wildman–Crippen MR) is 97.9 cm³/mol. The quantitative estimate of drug-likeness (QED) is 0.856. The topological polar surface area (TPSA) is 85.9 Å². The molecule has 2 aromatic rings. The number of carbonyl (C=O) groups excluding carboxylic acids is 3. The first-order valence-electron chi connectivity index (χ1n) is 8.80. The van der Waals surface area contributed by atoms with Gasteiger partial charge < -0.3 is 24.4 Å². The van der Waals surface area contributed by atoms with Crippen molar-refractivity contribution in [1.29, 1.82) is 0 Å². The van der Waals surface area contributed by atoms with Crippen LogP contribution in [0.4, 0.5) is 5.69 Å². The Bertz CT molecular complexity index is 885. The zero-order valence-electron chi connectivity index (χ0n) is 15.0. The minimum atomic E-state index is -0.149. The summed E-state index contributed by atoms with van der Waals surface area (Å²) in [6.07, 6.45) is 1.72. The van der Waals surface area contributed by atoms with E-state index in [0.29, 0.717) is 48.9 Å². The Hall–Kier alpha value is -3.29. The third-order valence-electron chi connectivity index (χ3n) is 4.97. The number of anilines is 1. The zero-order valence-corrected chi connectivity index (χ0v) is 15.0. The van der Waals surface area contributed by atoms with Crippen LogP contribution in [0.5, 0.6) is 5.75 Å². The monoisotopic (exact) mass is 368 g/mol. The summed E-state index contributed by atoms with van der Waals surface area (Å²) in [7, 11) is 1.67. The van der Waals surface area contributed by atoms with E-state index in [4.69, 9.17) is 4.74 Å². The molecule has 140 valence electrons. The molecule has 0 unspecified atom stereocenters. The summed E-state index contributed by atoms with van der Waals surface area (Å²) in [5.74, 6) is 0.271. The van der Waals surface area contributed by atoms with Gasteiger partial charge in [-0.05, 0) is 30.3 Å². The lowest BCUT2D eigenvalue weighted by molar-refractivity contribution is -0.120. The Morgan fingerprint density at radius 1 is 1.04 bits per heavy atom. The SMILES string of the molecule is CN1C(=O)COc2ccc(C(=O)N3CCN(C(=O)c4ccc[nH]4)CC3)cc21. The van der Waals surface area contributed by atoms with Gasteiger partial charge in [-0.15, -0.1) is 0 Å². The molecule has 2 aliphatic heterocycles. The summed E-state index contributed by atoms with van der Waals surface area (Å²) >= 11 is 0. The average molecular weight is 368 g/mol. The highest BCUT2D eigenvalue weighted by Gasteiger charge is 2.28. The normalized spacial score (nSPS) is 16.8. The Morgan fingerprint density at radius 3 is 2.41 bits per heavy atom. The van der Waals surface area contributed by atoms with Crippen molar-refractivity contribution in [3.8, 4) is 5.75 Å². The van der Waals surface area contributed by atoms with Gasteiger partial charge in [0, 0.05) is 45.0 Å². The van der Waals surface area contributed by atoms with E-state index in [1.807, 2.05) is 0 Å². The van der Waals surface area contributed by atoms with Gasteiger partial charge in [0.2, 0.25) is 0 Å². The third-order valence-corrected chi connectivity index (χ3v) is 4.97. The molecule has 1 aromatic heterocycles. The van der Waals surface area contributed by atoms with E-state index >= 15 is 0 Å². The number of aromatic nitrogens is 1. The van der Waals surface area contributed by atoms with Crippen LogP contribution >= 0.6 is 0 Å². The molecule has 0 spiro atoms. The van der Waals surface area contributed by atoms with Crippen LogP contribution in [0, 0.1) is 0 Å². The molecule has 2 aliphatic rings. The summed E-state index contributed by atoms with van der Waals surface area (Å²) < 4.78 is 5.40. The van der Waals surface area contributed by atoms with Crippen LogP contribution in [0.1, 0.15) is 20.8 Å². The number of benzene rings is 1. The standard InChI is InChI=1S/C19H20N4O4/c1-21-15-11-13(4-5-16(15)27-12-17(21)24)18(25)22-7-9-23(10-8-22)19(26)14-3-2-6-20-14/h2-6,11,20H,7-10,12H2,1H3. The molecule has 8 heteroatoms. The first-order valence-corrected chi connectivity index (χ1v) is 8.80. The molecule has 1 N–H and O–H groups in total. The van der Waals surface area contributed by atoms with Crippen LogP contribution in [0.25, 0.3) is 0 Å². The molecule has 27 heavy (non-hydrogen) atoms. The van der Waals surface area contributed by atoms with E-state index in [1.165, 1.54) is 4.90 Å². The van der Waals surface area contributed by atoms with E-state index in [-0.39, 0.29) is 24.3 Å². The molecule has 0 aliphatic carbocycles. The molecule has 1 saturated heterocycles. The number of likely N-dealkylation sites (N-methyl/N-ethyl adjacent to an activating group) is 1. The third kappa shape index (κ3) is 3.14. The van der Waals surface area contributed by atoms with Crippen molar-refractivity contribution >= 4 is 23.4 Å². The Labute approximate surface area is 156 Å². The first kappa shape index (κ1) is 17.1. The van der Waals surface area contributed by atoms with Crippen LogP contribution < -0.4 is 9.64 Å². The van der Waals surface area contributed by atoms with E-state index in [0.717, 1.165) is 0 Å². The number of nitrogens with zero attached hydrogens (tertiary/aromatic N) is 3. The molecule has 8 nitrogen and oxygen atoms in total. The molecule has 4 rings (SSSR count). The van der Waals surface area contributed by atoms with E-state index < -0.39 is 0 Å². The number of fused-ring (bicyclic) bond motifs is 1. The van der Waals surface area contributed by atoms with Crippen molar-refractivity contribution in [2.45, 2.75) is 0 Å². The van der Waals surface area contributed by atoms with E-state index in [9.17, 15) is 14.4 Å². The minimum absolute atomic E-state index is 0.00753. The average Bonchev–Trinajstić information content (AvgIpc) is 3.24. The molecule has 0 bridgehead atoms. The molecule has 0 atom stereocenters. The van der Waals surface area contributed by atoms with Crippen LogP contribution in [0.3, 0.4) is 0 Å². The largest absolute Gasteiger partial charge is 0.482 e. The molecule has 3 amide bonds. The molecular formula is C19H20N4O4. The number of H-pyrrole nitrogens is 1. The highest BCUT2D eigenvalue weighted by Crippen LogP contribution is 2.32. The highest BCUT2D eigenvalue weighted by molar-refractivity contribution is 6.01. The smallest absolute Gasteiger partial charge is 0.270 e. The minimum Gasteiger partial charge on any atom is -0.482 e. The van der Waals surface area contributed by atoms with Crippen molar-refractivity contribution in [2.75, 3.05) is 44.7 Å². The maximum absolute atomic E-state index is 12.9. The second-order valence-corrected chi connectivity index (χ2v) is 6.59. The van der Waals surface area contributed by atoms with Gasteiger partial charge in [-0.25, -0.2) is 0 Å². The number of aromatic amines is 1. The number of rotatable bonds is 2. The summed E-state index contributed by atoms with van der Waals surface area (Å²) in [6, 6.07) is 8.64. The lowest BCUT2D eigenvalue weighted by Crippen LogP contribution is -2.50. The van der Waals surface area contributed by atoms with Gasteiger partial charge in [0.15, 0.2) is 6.61 Å². The molecule has 0 radical (unpaired) electrons. The van der Waals surface area contributed by atoms with Gasteiger partial charge in [0.1, 0.15) is 11.4 Å². The maximum Gasteiger partial charge on any atom is 0.270 e. The number of carbonyl (C=O) groups is 3. The number of piperazine rings is 1. The number of ether oxygens (including phenoxy) is 1. The lowest BCUT2D eigenvalue weighted by atomic mass is 10.1. The van der Waals surface area contributed by atoms with Crippen molar-refractivity contribution in [3.05, 3.63) is 47.8 Å². The summed E-state index contributed by atoms with van der Waals surface area (Å²) in [6.45, 7) is 1.90. The van der Waals surface area contributed by atoms with Crippen LogP contribution in [0.15, 0.2) is 36.5 Å². The number of hydrogen-bond acceptors (Lipinski definition) is 4. The van der Waals surface area contributed by atoms with Crippen molar-refractivity contribution in [3.63, 3.8) is 0 Å². The van der Waals surface area contributed by atoms with Gasteiger partial charge in [-0.3, -0.25) is 14.4 Å². The van der Waals surface area contributed by atoms with Gasteiger partial charge >= 0.3 is 0 Å². The molecular weight excluding hydrogens is 348 g/mol. The molecule has 1 aromatic carbocycles. The maximum atomic E-state index is 12.9. The predicted octanol–water partition coefficient (Wildman–Crippen LogP) is 0.968. The van der Waals surface area contributed by atoms with Crippen LogP contribution in [-0.4, -0.2) is 72.3 Å². The molecule has 3 heterocycles. The van der Waals surface area contributed by atoms with Crippen LogP contribution in [-0.2, 0) is 4.79 Å². The second kappa shape index (κ2) is 6.79. The number of amides is 3. The van der Waals surface area contributed by atoms with Gasteiger partial charge in [0.25, 0.3) is 17.7 Å². The Balaban J connectivity index is 1.44. The van der Waals surface area contributed by atoms with Crippen LogP contribution in [0.2, 0.25) is 0 Å². The first-order chi connectivity index (χ1) is 13.0. The fourth-order valence-corrected chi connectivity index (χ4v) is 3.33. The number of nitrogens with one attached hydrogen (secondary N) is 1. The van der Waals surface area contributed by atoms with Gasteiger partial charge in [-0.1, -0.05) is 0 Å². The molecule has 1 fully saturated rings. The van der Waals surface area contributed by atoms with E-state index in [1.54, 1.807) is 53.4 Å². The molecule has 0 saturated carbocycles. The summed E-state index contributed by atoms with van der Waals surface area (Å²) in [4.78, 5) is 44.9. The summed E-state index contributed by atoms with van der Waals surface area (Å²) in [5.41, 5.74) is 1.65. The highest BCUT2D eigenvalue weighted by atomic mass is 16.5. The zero-order chi connectivity index (χ0) is 19.0. The van der Waals surface area contributed by atoms with Gasteiger partial charge in [-0.2, -0.15) is 0 Å². The van der Waals surface area contributed by atoms with Crippen molar-refractivity contribution in [1.82, 2.24) is 14.8 Å². The fourth-order valence-electron chi connectivity index (χ4n) is 3.33. The number of hydrogen-bond donors (Lipinski definition) is 1. The van der Waals surface area contributed by atoms with Gasteiger partial charge in [0.05, 0.1) is 5.69 Å². The van der Waals surface area contributed by atoms with Crippen molar-refractivity contribution < 1.29 is 19.1 Å². The lowest BCUT2D eigenvalue weighted by Gasteiger charge is -2.35. The van der Waals surface area contributed by atoms with Crippen molar-refractivity contribution in [2.24, 2.45) is 0 Å². The summed E-state index contributed by atoms with van der Waals surface area (Å²) in [5, 5.41) is 0.